The topological polar surface area (TPSA) is 83.8 Å². The van der Waals surface area contributed by atoms with Gasteiger partial charge in [0.05, 0.1) is 17.3 Å². The molecule has 8 heteroatoms. The molecule has 2 rings (SSSR count). The van der Waals surface area contributed by atoms with Crippen LogP contribution in [-0.4, -0.2) is 28.8 Å². The van der Waals surface area contributed by atoms with Crippen molar-refractivity contribution < 1.29 is 14.6 Å². The highest BCUT2D eigenvalue weighted by atomic mass is 79.9. The van der Waals surface area contributed by atoms with E-state index in [0.717, 1.165) is 0 Å². The zero-order valence-corrected chi connectivity index (χ0v) is 15.3. The lowest BCUT2D eigenvalue weighted by Gasteiger charge is -2.10. The summed E-state index contributed by atoms with van der Waals surface area (Å²) in [6.45, 7) is 2.23. The second kappa shape index (κ2) is 8.07. The maximum absolute atomic E-state index is 11.8. The summed E-state index contributed by atoms with van der Waals surface area (Å²) >= 11 is 6.62. The summed E-state index contributed by atoms with van der Waals surface area (Å²) in [6.07, 6.45) is 2.97. The minimum absolute atomic E-state index is 0.00611. The van der Waals surface area contributed by atoms with Crippen molar-refractivity contribution in [2.45, 2.75) is 6.92 Å². The first kappa shape index (κ1) is 17.4. The Balaban J connectivity index is 2.18. The van der Waals surface area contributed by atoms with E-state index in [0.29, 0.717) is 26.9 Å². The number of phenolic OH excluding ortho intramolecular Hbond substituents is 1. The largest absolute Gasteiger partial charge is 0.503 e. The zero-order chi connectivity index (χ0) is 16.8. The fraction of sp³-hybridized carbons (Fsp3) is 0.133. The first-order valence-corrected chi connectivity index (χ1v) is 8.21. The van der Waals surface area contributed by atoms with Crippen LogP contribution in [0.15, 0.2) is 44.5 Å². The first-order valence-electron chi connectivity index (χ1n) is 6.62. The van der Waals surface area contributed by atoms with Crippen molar-refractivity contribution in [2.75, 3.05) is 6.61 Å². The number of hydrazone groups is 1. The summed E-state index contributed by atoms with van der Waals surface area (Å²) in [5.41, 5.74) is 3.28. The third-order valence-electron chi connectivity index (χ3n) is 2.74. The van der Waals surface area contributed by atoms with Gasteiger partial charge in [-0.05, 0) is 57.0 Å². The van der Waals surface area contributed by atoms with Crippen molar-refractivity contribution >= 4 is 44.0 Å². The van der Waals surface area contributed by atoms with Crippen molar-refractivity contribution in [1.82, 2.24) is 10.4 Å². The maximum Gasteiger partial charge on any atom is 0.289 e. The van der Waals surface area contributed by atoms with Gasteiger partial charge < -0.3 is 9.84 Å². The average Bonchev–Trinajstić information content (AvgIpc) is 2.57. The number of carbonyl (C=O) groups excluding carboxylic acids is 1. The predicted molar refractivity (Wildman–Crippen MR) is 94.0 cm³/mol. The van der Waals surface area contributed by atoms with Gasteiger partial charge in [-0.1, -0.05) is 6.07 Å². The van der Waals surface area contributed by atoms with E-state index in [1.54, 1.807) is 24.3 Å². The van der Waals surface area contributed by atoms with E-state index in [-0.39, 0.29) is 11.4 Å². The fourth-order valence-corrected chi connectivity index (χ4v) is 2.51. The minimum Gasteiger partial charge on any atom is -0.503 e. The van der Waals surface area contributed by atoms with E-state index < -0.39 is 5.91 Å². The molecule has 1 aromatic carbocycles. The van der Waals surface area contributed by atoms with Crippen LogP contribution in [0.2, 0.25) is 0 Å². The number of hydrogen-bond acceptors (Lipinski definition) is 5. The Morgan fingerprint density at radius 3 is 2.87 bits per heavy atom. The maximum atomic E-state index is 11.8. The molecule has 0 fully saturated rings. The molecule has 1 heterocycles. The summed E-state index contributed by atoms with van der Waals surface area (Å²) in [5, 5.41) is 13.9. The predicted octanol–water partition coefficient (Wildman–Crippen LogP) is 3.47. The Hall–Kier alpha value is -1.93. The molecule has 0 atom stereocenters. The van der Waals surface area contributed by atoms with Gasteiger partial charge in [-0.2, -0.15) is 5.10 Å². The normalized spacial score (nSPS) is 10.7. The molecule has 2 aromatic rings. The molecule has 0 aliphatic carbocycles. The second-order valence-corrected chi connectivity index (χ2v) is 5.87. The molecule has 120 valence electrons. The smallest absolute Gasteiger partial charge is 0.289 e. The molecule has 0 aliphatic heterocycles. The molecular weight excluding hydrogens is 430 g/mol. The van der Waals surface area contributed by atoms with Crippen LogP contribution in [0.5, 0.6) is 11.5 Å². The van der Waals surface area contributed by atoms with E-state index >= 15 is 0 Å². The van der Waals surface area contributed by atoms with Crippen LogP contribution >= 0.6 is 31.9 Å². The van der Waals surface area contributed by atoms with Crippen LogP contribution in [0, 0.1) is 0 Å². The van der Waals surface area contributed by atoms with Gasteiger partial charge >= 0.3 is 0 Å². The van der Waals surface area contributed by atoms with E-state index in [1.807, 2.05) is 6.92 Å². The van der Waals surface area contributed by atoms with Gasteiger partial charge in [0.15, 0.2) is 11.5 Å². The van der Waals surface area contributed by atoms with Crippen LogP contribution in [0.3, 0.4) is 0 Å². The highest BCUT2D eigenvalue weighted by molar-refractivity contribution is 9.13. The quantitative estimate of drug-likeness (QED) is 0.548. The average molecular weight is 443 g/mol. The number of nitrogens with zero attached hydrogens (tertiary/aromatic N) is 2. The molecule has 0 aliphatic rings. The van der Waals surface area contributed by atoms with Gasteiger partial charge in [0.2, 0.25) is 0 Å². The molecule has 0 radical (unpaired) electrons. The van der Waals surface area contributed by atoms with Gasteiger partial charge in [-0.15, -0.1) is 0 Å². The SMILES string of the molecule is CCOc1cc(/C=N\NC(=O)c2ccccn2)c(Br)c(Br)c1O. The second-order valence-electron chi connectivity index (χ2n) is 4.29. The lowest BCUT2D eigenvalue weighted by molar-refractivity contribution is 0.0950. The van der Waals surface area contributed by atoms with Gasteiger partial charge in [0.1, 0.15) is 5.69 Å². The van der Waals surface area contributed by atoms with Crippen molar-refractivity contribution in [2.24, 2.45) is 5.10 Å². The van der Waals surface area contributed by atoms with Crippen LogP contribution in [-0.2, 0) is 0 Å². The summed E-state index contributed by atoms with van der Waals surface area (Å²) in [5.74, 6) is -0.102. The lowest BCUT2D eigenvalue weighted by atomic mass is 10.2. The van der Waals surface area contributed by atoms with E-state index in [2.05, 4.69) is 47.4 Å². The van der Waals surface area contributed by atoms with Crippen LogP contribution in [0.25, 0.3) is 0 Å². The zero-order valence-electron chi connectivity index (χ0n) is 12.1. The van der Waals surface area contributed by atoms with Crippen molar-refractivity contribution in [3.8, 4) is 11.5 Å². The van der Waals surface area contributed by atoms with Gasteiger partial charge in [0, 0.05) is 16.2 Å². The monoisotopic (exact) mass is 441 g/mol. The Kier molecular flexibility index (Phi) is 6.12. The van der Waals surface area contributed by atoms with Crippen LogP contribution < -0.4 is 10.2 Å². The standard InChI is InChI=1S/C15H13Br2N3O3/c1-2-23-11-7-9(12(16)13(17)14(11)21)8-19-20-15(22)10-5-3-4-6-18-10/h3-8,21H,2H2,1H3,(H,20,22)/b19-8-. The molecule has 2 N–H and O–H groups in total. The Labute approximate surface area is 149 Å². The number of hydrogen-bond donors (Lipinski definition) is 2. The van der Waals surface area contributed by atoms with Crippen molar-refractivity contribution in [3.05, 3.63) is 50.7 Å². The van der Waals surface area contributed by atoms with Crippen molar-refractivity contribution in [3.63, 3.8) is 0 Å². The Morgan fingerprint density at radius 1 is 1.43 bits per heavy atom. The molecule has 6 nitrogen and oxygen atoms in total. The number of pyridine rings is 1. The Morgan fingerprint density at radius 2 is 2.22 bits per heavy atom. The molecule has 0 unspecified atom stereocenters. The number of rotatable bonds is 5. The number of carbonyl (C=O) groups is 1. The molecular formula is C15H13Br2N3O3. The van der Waals surface area contributed by atoms with Gasteiger partial charge in [0.25, 0.3) is 5.91 Å². The number of ether oxygens (including phenoxy) is 1. The number of aromatic hydroxyl groups is 1. The third-order valence-corrected chi connectivity index (χ3v) is 4.90. The minimum atomic E-state index is -0.416. The third kappa shape index (κ3) is 4.29. The molecule has 23 heavy (non-hydrogen) atoms. The van der Waals surface area contributed by atoms with E-state index in [1.165, 1.54) is 12.4 Å². The summed E-state index contributed by atoms with van der Waals surface area (Å²) in [4.78, 5) is 15.8. The van der Waals surface area contributed by atoms with E-state index in [4.69, 9.17) is 4.74 Å². The summed E-state index contributed by atoms with van der Waals surface area (Å²) < 4.78 is 6.39. The summed E-state index contributed by atoms with van der Waals surface area (Å²) in [6, 6.07) is 6.64. The first-order chi connectivity index (χ1) is 11.0. The number of amides is 1. The molecule has 0 bridgehead atoms. The molecule has 0 saturated carbocycles. The van der Waals surface area contributed by atoms with Crippen LogP contribution in [0.1, 0.15) is 23.0 Å². The van der Waals surface area contributed by atoms with E-state index in [9.17, 15) is 9.90 Å². The summed E-state index contributed by atoms with van der Waals surface area (Å²) in [7, 11) is 0. The molecule has 0 saturated heterocycles. The van der Waals surface area contributed by atoms with Crippen molar-refractivity contribution in [1.29, 1.82) is 0 Å². The fourth-order valence-electron chi connectivity index (χ4n) is 1.69. The highest BCUT2D eigenvalue weighted by Crippen LogP contribution is 2.41. The van der Waals surface area contributed by atoms with Gasteiger partial charge in [-0.25, -0.2) is 5.43 Å². The number of benzene rings is 1. The van der Waals surface area contributed by atoms with Crippen LogP contribution in [0.4, 0.5) is 0 Å². The lowest BCUT2D eigenvalue weighted by Crippen LogP contribution is -2.18. The number of halogens is 2. The molecule has 1 aromatic heterocycles. The van der Waals surface area contributed by atoms with Gasteiger partial charge in [-0.3, -0.25) is 9.78 Å². The number of nitrogens with one attached hydrogen (secondary N) is 1. The molecule has 1 amide bonds. The molecule has 0 spiro atoms. The number of phenols is 1. The Bertz CT molecular complexity index is 736. The highest BCUT2D eigenvalue weighted by Gasteiger charge is 2.14. The number of aromatic nitrogens is 1.